The summed E-state index contributed by atoms with van der Waals surface area (Å²) < 4.78 is 5.39. The summed E-state index contributed by atoms with van der Waals surface area (Å²) in [5.41, 5.74) is 0.195. The summed E-state index contributed by atoms with van der Waals surface area (Å²) in [6.45, 7) is 9.18. The Morgan fingerprint density at radius 2 is 2.11 bits per heavy atom. The minimum absolute atomic E-state index is 0.195. The smallest absolute Gasteiger partial charge is 0.203 e. The summed E-state index contributed by atoms with van der Waals surface area (Å²) in [5.74, 6) is 1.15. The Balaban J connectivity index is 2.62. The third-order valence-electron chi connectivity index (χ3n) is 2.48. The SMILES string of the molecule is CC(C)(C)CN(CCCO)Cc1ccc(C#N)o1. The summed E-state index contributed by atoms with van der Waals surface area (Å²) in [7, 11) is 0. The molecule has 0 aliphatic heterocycles. The zero-order valence-electron chi connectivity index (χ0n) is 11.4. The van der Waals surface area contributed by atoms with E-state index in [0.717, 1.165) is 25.3 Å². The normalized spacial score (nSPS) is 11.8. The van der Waals surface area contributed by atoms with E-state index in [1.54, 1.807) is 6.07 Å². The number of furan rings is 1. The van der Waals surface area contributed by atoms with Crippen LogP contribution in [0.15, 0.2) is 16.5 Å². The van der Waals surface area contributed by atoms with Crippen LogP contribution in [0, 0.1) is 16.7 Å². The van der Waals surface area contributed by atoms with Crippen LogP contribution in [0.4, 0.5) is 0 Å². The Kier molecular flexibility index (Phi) is 5.39. The van der Waals surface area contributed by atoms with Gasteiger partial charge in [-0.1, -0.05) is 20.8 Å². The molecule has 1 N–H and O–H groups in total. The van der Waals surface area contributed by atoms with Gasteiger partial charge in [0.25, 0.3) is 0 Å². The van der Waals surface area contributed by atoms with Crippen LogP contribution in [0.1, 0.15) is 38.7 Å². The van der Waals surface area contributed by atoms with Gasteiger partial charge in [0.15, 0.2) is 0 Å². The van der Waals surface area contributed by atoms with Gasteiger partial charge in [-0.2, -0.15) is 5.26 Å². The number of hydrogen-bond acceptors (Lipinski definition) is 4. The maximum atomic E-state index is 8.93. The Morgan fingerprint density at radius 3 is 2.61 bits per heavy atom. The first-order chi connectivity index (χ1) is 8.44. The Labute approximate surface area is 109 Å². The molecule has 0 atom stereocenters. The second-order valence-corrected chi connectivity index (χ2v) is 5.73. The molecule has 1 aromatic rings. The van der Waals surface area contributed by atoms with Crippen LogP contribution in [0.5, 0.6) is 0 Å². The van der Waals surface area contributed by atoms with E-state index in [-0.39, 0.29) is 12.0 Å². The highest BCUT2D eigenvalue weighted by atomic mass is 16.3. The number of nitrogens with zero attached hydrogens (tertiary/aromatic N) is 2. The molecule has 1 rings (SSSR count). The third-order valence-corrected chi connectivity index (χ3v) is 2.48. The predicted molar refractivity (Wildman–Crippen MR) is 69.9 cm³/mol. The van der Waals surface area contributed by atoms with E-state index in [1.165, 1.54) is 0 Å². The van der Waals surface area contributed by atoms with Gasteiger partial charge in [0.1, 0.15) is 11.8 Å². The van der Waals surface area contributed by atoms with Crippen molar-refractivity contribution in [1.29, 1.82) is 5.26 Å². The fourth-order valence-electron chi connectivity index (χ4n) is 1.92. The molecule has 0 bridgehead atoms. The second kappa shape index (κ2) is 6.58. The van der Waals surface area contributed by atoms with Crippen molar-refractivity contribution in [3.05, 3.63) is 23.7 Å². The van der Waals surface area contributed by atoms with Crippen molar-refractivity contribution in [2.24, 2.45) is 5.41 Å². The number of hydrogen-bond donors (Lipinski definition) is 1. The Bertz CT molecular complexity index is 399. The van der Waals surface area contributed by atoms with Crippen LogP contribution < -0.4 is 0 Å². The first-order valence-corrected chi connectivity index (χ1v) is 6.26. The quantitative estimate of drug-likeness (QED) is 0.842. The van der Waals surface area contributed by atoms with E-state index in [1.807, 2.05) is 12.1 Å². The molecule has 0 saturated heterocycles. The Hall–Kier alpha value is -1.31. The van der Waals surface area contributed by atoms with Gasteiger partial charge in [-0.15, -0.1) is 0 Å². The van der Waals surface area contributed by atoms with Crippen molar-refractivity contribution >= 4 is 0 Å². The van der Waals surface area contributed by atoms with Crippen molar-refractivity contribution in [2.45, 2.75) is 33.7 Å². The van der Waals surface area contributed by atoms with E-state index < -0.39 is 0 Å². The molecule has 0 amide bonds. The van der Waals surface area contributed by atoms with Crippen LogP contribution in [0.25, 0.3) is 0 Å². The zero-order valence-corrected chi connectivity index (χ0v) is 11.4. The average molecular weight is 250 g/mol. The van der Waals surface area contributed by atoms with Crippen LogP contribution >= 0.6 is 0 Å². The first-order valence-electron chi connectivity index (χ1n) is 6.26. The molecule has 0 radical (unpaired) electrons. The molecule has 0 unspecified atom stereocenters. The van der Waals surface area contributed by atoms with E-state index in [0.29, 0.717) is 12.3 Å². The molecule has 0 aliphatic rings. The van der Waals surface area contributed by atoms with Gasteiger partial charge in [-0.25, -0.2) is 0 Å². The van der Waals surface area contributed by atoms with Gasteiger partial charge < -0.3 is 9.52 Å². The predicted octanol–water partition coefficient (Wildman–Crippen LogP) is 2.38. The van der Waals surface area contributed by atoms with E-state index in [4.69, 9.17) is 14.8 Å². The third kappa shape index (κ3) is 5.35. The van der Waals surface area contributed by atoms with Crippen LogP contribution in [-0.4, -0.2) is 29.7 Å². The monoisotopic (exact) mass is 250 g/mol. The van der Waals surface area contributed by atoms with Gasteiger partial charge in [0.2, 0.25) is 5.76 Å². The highest BCUT2D eigenvalue weighted by Crippen LogP contribution is 2.18. The van der Waals surface area contributed by atoms with Gasteiger partial charge in [-0.3, -0.25) is 4.90 Å². The molecular formula is C14H22N2O2. The highest BCUT2D eigenvalue weighted by molar-refractivity contribution is 5.19. The molecule has 0 saturated carbocycles. The maximum absolute atomic E-state index is 8.93. The van der Waals surface area contributed by atoms with Crippen molar-refractivity contribution in [2.75, 3.05) is 19.7 Å². The molecule has 0 spiro atoms. The largest absolute Gasteiger partial charge is 0.449 e. The van der Waals surface area contributed by atoms with Crippen LogP contribution in [0.3, 0.4) is 0 Å². The molecule has 0 fully saturated rings. The number of rotatable bonds is 6. The molecule has 0 aliphatic carbocycles. The molecule has 18 heavy (non-hydrogen) atoms. The van der Waals surface area contributed by atoms with E-state index in [2.05, 4.69) is 25.7 Å². The van der Waals surface area contributed by atoms with E-state index in [9.17, 15) is 0 Å². The maximum Gasteiger partial charge on any atom is 0.203 e. The van der Waals surface area contributed by atoms with Crippen molar-refractivity contribution in [1.82, 2.24) is 4.90 Å². The first kappa shape index (κ1) is 14.7. The molecule has 4 nitrogen and oxygen atoms in total. The lowest BCUT2D eigenvalue weighted by Gasteiger charge is -2.29. The lowest BCUT2D eigenvalue weighted by Crippen LogP contribution is -2.33. The summed E-state index contributed by atoms with van der Waals surface area (Å²) in [6, 6.07) is 5.52. The lowest BCUT2D eigenvalue weighted by atomic mass is 9.96. The van der Waals surface area contributed by atoms with Gasteiger partial charge >= 0.3 is 0 Å². The number of aliphatic hydroxyl groups excluding tert-OH is 1. The summed E-state index contributed by atoms with van der Waals surface area (Å²) >= 11 is 0. The number of aliphatic hydroxyl groups is 1. The van der Waals surface area contributed by atoms with Gasteiger partial charge in [-0.05, 0) is 24.0 Å². The van der Waals surface area contributed by atoms with Crippen LogP contribution in [0.2, 0.25) is 0 Å². The molecule has 1 heterocycles. The fourth-order valence-corrected chi connectivity index (χ4v) is 1.92. The van der Waals surface area contributed by atoms with Crippen molar-refractivity contribution in [3.63, 3.8) is 0 Å². The Morgan fingerprint density at radius 1 is 1.39 bits per heavy atom. The second-order valence-electron chi connectivity index (χ2n) is 5.73. The minimum Gasteiger partial charge on any atom is -0.449 e. The standard InChI is InChI=1S/C14H22N2O2/c1-14(2,3)11-16(7-4-8-17)10-13-6-5-12(9-15)18-13/h5-6,17H,4,7-8,10-11H2,1-3H3. The summed E-state index contributed by atoms with van der Waals surface area (Å²) in [5, 5.41) is 17.7. The molecule has 0 aromatic carbocycles. The molecule has 100 valence electrons. The summed E-state index contributed by atoms with van der Waals surface area (Å²) in [4.78, 5) is 2.25. The minimum atomic E-state index is 0.195. The van der Waals surface area contributed by atoms with Crippen molar-refractivity contribution in [3.8, 4) is 6.07 Å². The van der Waals surface area contributed by atoms with Crippen LogP contribution in [-0.2, 0) is 6.54 Å². The highest BCUT2D eigenvalue weighted by Gasteiger charge is 2.17. The zero-order chi connectivity index (χ0) is 13.6. The topological polar surface area (TPSA) is 60.4 Å². The average Bonchev–Trinajstić information content (AvgIpc) is 2.71. The van der Waals surface area contributed by atoms with Gasteiger partial charge in [0, 0.05) is 19.7 Å². The molecule has 4 heteroatoms. The van der Waals surface area contributed by atoms with E-state index >= 15 is 0 Å². The lowest BCUT2D eigenvalue weighted by molar-refractivity contribution is 0.156. The molecule has 1 aromatic heterocycles. The number of nitriles is 1. The van der Waals surface area contributed by atoms with Crippen molar-refractivity contribution < 1.29 is 9.52 Å². The summed E-state index contributed by atoms with van der Waals surface area (Å²) in [6.07, 6.45) is 0.752. The fraction of sp³-hybridized carbons (Fsp3) is 0.643. The van der Waals surface area contributed by atoms with Gasteiger partial charge in [0.05, 0.1) is 6.54 Å². The molecular weight excluding hydrogens is 228 g/mol.